The molecule has 3 rings (SSSR count). The Morgan fingerprint density at radius 2 is 2.00 bits per heavy atom. The number of nitrogens with one attached hydrogen (secondary N) is 1. The van der Waals surface area contributed by atoms with Gasteiger partial charge in [-0.25, -0.2) is 0 Å². The van der Waals surface area contributed by atoms with Crippen LogP contribution in [0.4, 0.5) is 0 Å². The monoisotopic (exact) mass is 208 g/mol. The third-order valence-corrected chi connectivity index (χ3v) is 4.11. The standard InChI is InChI=1S/C12H20N2O/c15-12(9-3-4-9)13-10-5-7-14-6-1-2-11(14)8-10/h9-11H,1-8H2,(H,13,15). The Bertz CT molecular complexity index is 262. The molecule has 1 N–H and O–H groups in total. The SMILES string of the molecule is O=C(NC1CCN2CCCC2C1)C1CC1. The maximum atomic E-state index is 11.6. The van der Waals surface area contributed by atoms with Crippen molar-refractivity contribution < 1.29 is 4.79 Å². The molecule has 3 nitrogen and oxygen atoms in total. The zero-order valence-corrected chi connectivity index (χ0v) is 9.24. The molecular formula is C12H20N2O. The van der Waals surface area contributed by atoms with Crippen molar-refractivity contribution in [1.82, 2.24) is 10.2 Å². The first-order valence-electron chi connectivity index (χ1n) is 6.37. The molecule has 2 unspecified atom stereocenters. The van der Waals surface area contributed by atoms with Crippen LogP contribution in [0.5, 0.6) is 0 Å². The number of piperidine rings is 1. The summed E-state index contributed by atoms with van der Waals surface area (Å²) in [7, 11) is 0. The lowest BCUT2D eigenvalue weighted by Gasteiger charge is -2.35. The summed E-state index contributed by atoms with van der Waals surface area (Å²) >= 11 is 0. The molecule has 0 aromatic rings. The number of rotatable bonds is 2. The summed E-state index contributed by atoms with van der Waals surface area (Å²) in [5.74, 6) is 0.693. The average molecular weight is 208 g/mol. The van der Waals surface area contributed by atoms with Crippen molar-refractivity contribution in [3.05, 3.63) is 0 Å². The fourth-order valence-corrected chi connectivity index (χ4v) is 3.02. The molecule has 1 saturated carbocycles. The highest BCUT2D eigenvalue weighted by molar-refractivity contribution is 5.81. The molecule has 2 aliphatic heterocycles. The zero-order chi connectivity index (χ0) is 10.3. The third-order valence-electron chi connectivity index (χ3n) is 4.11. The molecule has 0 radical (unpaired) electrons. The predicted molar refractivity (Wildman–Crippen MR) is 58.5 cm³/mol. The van der Waals surface area contributed by atoms with Crippen molar-refractivity contribution >= 4 is 5.91 Å². The average Bonchev–Trinajstić information content (AvgIpc) is 2.98. The first-order valence-corrected chi connectivity index (χ1v) is 6.37. The second kappa shape index (κ2) is 3.78. The largest absolute Gasteiger partial charge is 0.353 e. The maximum Gasteiger partial charge on any atom is 0.223 e. The van der Waals surface area contributed by atoms with Crippen molar-refractivity contribution in [2.24, 2.45) is 5.92 Å². The number of carbonyl (C=O) groups excluding carboxylic acids is 1. The second-order valence-electron chi connectivity index (χ2n) is 5.34. The summed E-state index contributed by atoms with van der Waals surface area (Å²) < 4.78 is 0. The van der Waals surface area contributed by atoms with Crippen LogP contribution in [0.15, 0.2) is 0 Å². The lowest BCUT2D eigenvalue weighted by molar-refractivity contribution is -0.123. The zero-order valence-electron chi connectivity index (χ0n) is 9.24. The molecule has 2 saturated heterocycles. The van der Waals surface area contributed by atoms with Gasteiger partial charge in [-0.05, 0) is 45.1 Å². The molecule has 1 aliphatic carbocycles. The van der Waals surface area contributed by atoms with Gasteiger partial charge in [-0.1, -0.05) is 0 Å². The van der Waals surface area contributed by atoms with Gasteiger partial charge in [0, 0.05) is 24.5 Å². The minimum atomic E-state index is 0.325. The molecule has 0 bridgehead atoms. The molecular weight excluding hydrogens is 188 g/mol. The highest BCUT2D eigenvalue weighted by atomic mass is 16.2. The van der Waals surface area contributed by atoms with Crippen LogP contribution in [0.3, 0.4) is 0 Å². The smallest absolute Gasteiger partial charge is 0.223 e. The minimum Gasteiger partial charge on any atom is -0.353 e. The number of fused-ring (bicyclic) bond motifs is 1. The Balaban J connectivity index is 1.52. The fourth-order valence-electron chi connectivity index (χ4n) is 3.02. The van der Waals surface area contributed by atoms with Crippen LogP contribution in [-0.4, -0.2) is 36.0 Å². The summed E-state index contributed by atoms with van der Waals surface area (Å²) in [5.41, 5.74) is 0. The summed E-state index contributed by atoms with van der Waals surface area (Å²) in [6, 6.07) is 1.24. The van der Waals surface area contributed by atoms with Gasteiger partial charge >= 0.3 is 0 Å². The molecule has 3 aliphatic rings. The van der Waals surface area contributed by atoms with E-state index in [-0.39, 0.29) is 0 Å². The van der Waals surface area contributed by atoms with Gasteiger partial charge in [-0.3, -0.25) is 4.79 Å². The van der Waals surface area contributed by atoms with Crippen molar-refractivity contribution in [3.8, 4) is 0 Å². The van der Waals surface area contributed by atoms with Gasteiger partial charge in [0.1, 0.15) is 0 Å². The van der Waals surface area contributed by atoms with E-state index < -0.39 is 0 Å². The van der Waals surface area contributed by atoms with Crippen molar-refractivity contribution in [2.75, 3.05) is 13.1 Å². The number of carbonyl (C=O) groups is 1. The van der Waals surface area contributed by atoms with E-state index in [1.807, 2.05) is 0 Å². The van der Waals surface area contributed by atoms with Crippen LogP contribution < -0.4 is 5.32 Å². The third kappa shape index (κ3) is 2.03. The highest BCUT2D eigenvalue weighted by Gasteiger charge is 2.35. The van der Waals surface area contributed by atoms with Crippen molar-refractivity contribution in [2.45, 2.75) is 50.6 Å². The Kier molecular flexibility index (Phi) is 2.43. The Morgan fingerprint density at radius 1 is 1.13 bits per heavy atom. The van der Waals surface area contributed by atoms with Crippen LogP contribution in [0.2, 0.25) is 0 Å². The summed E-state index contributed by atoms with van der Waals surface area (Å²) in [5, 5.41) is 3.23. The Hall–Kier alpha value is -0.570. The van der Waals surface area contributed by atoms with Crippen molar-refractivity contribution in [1.29, 1.82) is 0 Å². The molecule has 0 aromatic heterocycles. The Morgan fingerprint density at radius 3 is 2.80 bits per heavy atom. The van der Waals surface area contributed by atoms with E-state index in [0.29, 0.717) is 17.9 Å². The fraction of sp³-hybridized carbons (Fsp3) is 0.917. The van der Waals surface area contributed by atoms with Gasteiger partial charge in [-0.2, -0.15) is 0 Å². The number of hydrogen-bond donors (Lipinski definition) is 1. The lowest BCUT2D eigenvalue weighted by atomic mass is 9.97. The first kappa shape index (κ1) is 9.64. The molecule has 3 heteroatoms. The summed E-state index contributed by atoms with van der Waals surface area (Å²) in [4.78, 5) is 14.2. The molecule has 3 fully saturated rings. The number of hydrogen-bond acceptors (Lipinski definition) is 2. The Labute approximate surface area is 91.2 Å². The van der Waals surface area contributed by atoms with E-state index >= 15 is 0 Å². The summed E-state index contributed by atoms with van der Waals surface area (Å²) in [6.45, 7) is 2.48. The second-order valence-corrected chi connectivity index (χ2v) is 5.34. The van der Waals surface area contributed by atoms with E-state index in [1.165, 1.54) is 32.4 Å². The quantitative estimate of drug-likeness (QED) is 0.738. The molecule has 84 valence electrons. The van der Waals surface area contributed by atoms with E-state index in [0.717, 1.165) is 25.3 Å². The lowest BCUT2D eigenvalue weighted by Crippen LogP contribution is -2.47. The van der Waals surface area contributed by atoms with Crippen LogP contribution in [0.1, 0.15) is 38.5 Å². The minimum absolute atomic E-state index is 0.325. The van der Waals surface area contributed by atoms with E-state index in [2.05, 4.69) is 10.2 Å². The maximum absolute atomic E-state index is 11.6. The molecule has 0 aromatic carbocycles. The first-order chi connectivity index (χ1) is 7.33. The normalized spacial score (nSPS) is 36.3. The van der Waals surface area contributed by atoms with Gasteiger partial charge in [-0.15, -0.1) is 0 Å². The topological polar surface area (TPSA) is 32.3 Å². The van der Waals surface area contributed by atoms with Crippen LogP contribution in [0, 0.1) is 5.92 Å². The molecule has 2 atom stereocenters. The van der Waals surface area contributed by atoms with E-state index in [1.54, 1.807) is 0 Å². The molecule has 15 heavy (non-hydrogen) atoms. The van der Waals surface area contributed by atoms with Gasteiger partial charge in [0.05, 0.1) is 0 Å². The van der Waals surface area contributed by atoms with Gasteiger partial charge < -0.3 is 10.2 Å². The number of nitrogens with zero attached hydrogens (tertiary/aromatic N) is 1. The predicted octanol–water partition coefficient (Wildman–Crippen LogP) is 1.14. The molecule has 2 heterocycles. The van der Waals surface area contributed by atoms with E-state index in [4.69, 9.17) is 0 Å². The highest BCUT2D eigenvalue weighted by Crippen LogP contribution is 2.31. The van der Waals surface area contributed by atoms with Gasteiger partial charge in [0.25, 0.3) is 0 Å². The van der Waals surface area contributed by atoms with Crippen molar-refractivity contribution in [3.63, 3.8) is 0 Å². The van der Waals surface area contributed by atoms with Crippen LogP contribution in [0.25, 0.3) is 0 Å². The molecule has 0 spiro atoms. The van der Waals surface area contributed by atoms with Crippen LogP contribution in [-0.2, 0) is 4.79 Å². The van der Waals surface area contributed by atoms with E-state index in [9.17, 15) is 4.79 Å². The number of amides is 1. The van der Waals surface area contributed by atoms with Crippen LogP contribution >= 0.6 is 0 Å². The summed E-state index contributed by atoms with van der Waals surface area (Å²) in [6.07, 6.45) is 7.29. The van der Waals surface area contributed by atoms with Gasteiger partial charge in [0.2, 0.25) is 5.91 Å². The van der Waals surface area contributed by atoms with Gasteiger partial charge in [0.15, 0.2) is 0 Å². The molecule has 1 amide bonds.